The highest BCUT2D eigenvalue weighted by molar-refractivity contribution is 5.94. The van der Waals surface area contributed by atoms with E-state index < -0.39 is 0 Å². The quantitative estimate of drug-likeness (QED) is 0.702. The minimum Gasteiger partial charge on any atom is -0.497 e. The van der Waals surface area contributed by atoms with Crippen LogP contribution in [0.2, 0.25) is 0 Å². The van der Waals surface area contributed by atoms with Crippen LogP contribution in [0.15, 0.2) is 60.8 Å². The third-order valence-corrected chi connectivity index (χ3v) is 5.16. The first-order chi connectivity index (χ1) is 13.7. The van der Waals surface area contributed by atoms with E-state index in [2.05, 4.69) is 22.1 Å². The minimum absolute atomic E-state index is 0.0354. The summed E-state index contributed by atoms with van der Waals surface area (Å²) in [6, 6.07) is 17.8. The Morgan fingerprint density at radius 1 is 0.929 bits per heavy atom. The Balaban J connectivity index is 1.48. The molecule has 0 atom stereocenters. The number of rotatable bonds is 4. The fraction of sp³-hybridized carbons (Fsp3) is 0.273. The molecule has 1 amide bonds. The standard InChI is InChI=1S/C22H24N4O2/c1-17-16-23-26(19-6-4-3-5-7-19)21(17)22(27)25-14-12-24(13-15-25)18-8-10-20(28-2)11-9-18/h3-11,16H,12-15H2,1-2H3. The molecule has 0 N–H and O–H groups in total. The number of carbonyl (C=O) groups excluding carboxylic acids is 1. The maximum Gasteiger partial charge on any atom is 0.272 e. The van der Waals surface area contributed by atoms with Crippen molar-refractivity contribution in [2.45, 2.75) is 6.92 Å². The summed E-state index contributed by atoms with van der Waals surface area (Å²) < 4.78 is 6.97. The van der Waals surface area contributed by atoms with Crippen LogP contribution in [0.5, 0.6) is 5.75 Å². The van der Waals surface area contributed by atoms with E-state index in [9.17, 15) is 4.79 Å². The number of amides is 1. The molecule has 0 unspecified atom stereocenters. The molecule has 4 rings (SSSR count). The lowest BCUT2D eigenvalue weighted by molar-refractivity contribution is 0.0737. The zero-order valence-corrected chi connectivity index (χ0v) is 16.2. The van der Waals surface area contributed by atoms with Gasteiger partial charge in [-0.1, -0.05) is 18.2 Å². The lowest BCUT2D eigenvalue weighted by Gasteiger charge is -2.36. The Bertz CT molecular complexity index is 942. The van der Waals surface area contributed by atoms with Gasteiger partial charge in [0, 0.05) is 37.4 Å². The summed E-state index contributed by atoms with van der Waals surface area (Å²) in [5.74, 6) is 0.885. The number of para-hydroxylation sites is 1. The molecule has 28 heavy (non-hydrogen) atoms. The molecule has 1 saturated heterocycles. The molecule has 1 aliphatic heterocycles. The van der Waals surface area contributed by atoms with Crippen molar-refractivity contribution in [2.24, 2.45) is 0 Å². The molecule has 1 fully saturated rings. The zero-order valence-electron chi connectivity index (χ0n) is 16.2. The summed E-state index contributed by atoms with van der Waals surface area (Å²) in [7, 11) is 1.67. The largest absolute Gasteiger partial charge is 0.497 e. The van der Waals surface area contributed by atoms with Gasteiger partial charge < -0.3 is 14.5 Å². The van der Waals surface area contributed by atoms with Gasteiger partial charge in [0.1, 0.15) is 11.4 Å². The second kappa shape index (κ2) is 7.76. The SMILES string of the molecule is COc1ccc(N2CCN(C(=O)c3c(C)cnn3-c3ccccc3)CC2)cc1. The number of methoxy groups -OCH3 is 1. The molecule has 0 radical (unpaired) electrons. The highest BCUT2D eigenvalue weighted by atomic mass is 16.5. The Morgan fingerprint density at radius 2 is 1.61 bits per heavy atom. The highest BCUT2D eigenvalue weighted by Crippen LogP contribution is 2.22. The summed E-state index contributed by atoms with van der Waals surface area (Å²) >= 11 is 0. The Hall–Kier alpha value is -3.28. The van der Waals surface area contributed by atoms with Crippen LogP contribution in [0, 0.1) is 6.92 Å². The first-order valence-corrected chi connectivity index (χ1v) is 9.45. The number of ether oxygens (including phenoxy) is 1. The third-order valence-electron chi connectivity index (χ3n) is 5.16. The Morgan fingerprint density at radius 3 is 2.25 bits per heavy atom. The van der Waals surface area contributed by atoms with Crippen molar-refractivity contribution >= 4 is 11.6 Å². The zero-order chi connectivity index (χ0) is 19.5. The van der Waals surface area contributed by atoms with Gasteiger partial charge in [0.15, 0.2) is 0 Å². The number of aryl methyl sites for hydroxylation is 1. The van der Waals surface area contributed by atoms with Crippen LogP contribution in [0.25, 0.3) is 5.69 Å². The fourth-order valence-corrected chi connectivity index (χ4v) is 3.57. The Labute approximate surface area is 164 Å². The molecule has 2 aromatic carbocycles. The second-order valence-corrected chi connectivity index (χ2v) is 6.90. The molecule has 0 saturated carbocycles. The normalized spacial score (nSPS) is 14.2. The van der Waals surface area contributed by atoms with E-state index in [1.54, 1.807) is 18.0 Å². The molecule has 6 nitrogen and oxygen atoms in total. The first-order valence-electron chi connectivity index (χ1n) is 9.45. The Kier molecular flexibility index (Phi) is 5.02. The van der Waals surface area contributed by atoms with Gasteiger partial charge in [-0.25, -0.2) is 4.68 Å². The van der Waals surface area contributed by atoms with Crippen molar-refractivity contribution in [3.05, 3.63) is 72.1 Å². The number of piperazine rings is 1. The van der Waals surface area contributed by atoms with Gasteiger partial charge in [0.25, 0.3) is 5.91 Å². The summed E-state index contributed by atoms with van der Waals surface area (Å²) in [5.41, 5.74) is 3.59. The molecule has 3 aromatic rings. The van der Waals surface area contributed by atoms with E-state index in [4.69, 9.17) is 4.74 Å². The van der Waals surface area contributed by atoms with E-state index >= 15 is 0 Å². The van der Waals surface area contributed by atoms with Crippen LogP contribution in [0.3, 0.4) is 0 Å². The lowest BCUT2D eigenvalue weighted by Crippen LogP contribution is -2.49. The molecule has 6 heteroatoms. The number of carbonyl (C=O) groups is 1. The monoisotopic (exact) mass is 376 g/mol. The van der Waals surface area contributed by atoms with Crippen LogP contribution < -0.4 is 9.64 Å². The van der Waals surface area contributed by atoms with Gasteiger partial charge in [-0.2, -0.15) is 5.10 Å². The molecular weight excluding hydrogens is 352 g/mol. The van der Waals surface area contributed by atoms with Gasteiger partial charge in [0.2, 0.25) is 0 Å². The molecular formula is C22H24N4O2. The molecule has 1 aliphatic rings. The van der Waals surface area contributed by atoms with Crippen molar-refractivity contribution in [2.75, 3.05) is 38.2 Å². The molecule has 2 heterocycles. The minimum atomic E-state index is 0.0354. The lowest BCUT2D eigenvalue weighted by atomic mass is 10.2. The van der Waals surface area contributed by atoms with Crippen LogP contribution in [0.1, 0.15) is 16.1 Å². The maximum atomic E-state index is 13.2. The molecule has 144 valence electrons. The molecule has 1 aromatic heterocycles. The highest BCUT2D eigenvalue weighted by Gasteiger charge is 2.26. The van der Waals surface area contributed by atoms with Crippen LogP contribution in [0.4, 0.5) is 5.69 Å². The van der Waals surface area contributed by atoms with Gasteiger partial charge in [-0.3, -0.25) is 4.79 Å². The molecule has 0 bridgehead atoms. The van der Waals surface area contributed by atoms with Gasteiger partial charge in [0.05, 0.1) is 19.0 Å². The number of nitrogens with zero attached hydrogens (tertiary/aromatic N) is 4. The van der Waals surface area contributed by atoms with Crippen LogP contribution >= 0.6 is 0 Å². The number of anilines is 1. The number of hydrogen-bond acceptors (Lipinski definition) is 4. The third kappa shape index (κ3) is 3.45. The summed E-state index contributed by atoms with van der Waals surface area (Å²) in [5, 5.41) is 4.43. The fourth-order valence-electron chi connectivity index (χ4n) is 3.57. The van der Waals surface area contributed by atoms with Gasteiger partial charge in [-0.05, 0) is 43.3 Å². The van der Waals surface area contributed by atoms with Crippen molar-refractivity contribution in [1.82, 2.24) is 14.7 Å². The van der Waals surface area contributed by atoms with Gasteiger partial charge in [-0.15, -0.1) is 0 Å². The average Bonchev–Trinajstić information content (AvgIpc) is 3.15. The van der Waals surface area contributed by atoms with E-state index in [1.165, 1.54) is 0 Å². The topological polar surface area (TPSA) is 50.6 Å². The van der Waals surface area contributed by atoms with Crippen molar-refractivity contribution < 1.29 is 9.53 Å². The second-order valence-electron chi connectivity index (χ2n) is 6.90. The predicted octanol–water partition coefficient (Wildman–Crippen LogP) is 3.15. The number of benzene rings is 2. The average molecular weight is 376 g/mol. The van der Waals surface area contributed by atoms with E-state index in [0.29, 0.717) is 18.8 Å². The van der Waals surface area contributed by atoms with Crippen LogP contribution in [-0.4, -0.2) is 53.9 Å². The smallest absolute Gasteiger partial charge is 0.272 e. The van der Waals surface area contributed by atoms with Crippen LogP contribution in [-0.2, 0) is 0 Å². The van der Waals surface area contributed by atoms with Crippen molar-refractivity contribution in [1.29, 1.82) is 0 Å². The van der Waals surface area contributed by atoms with E-state index in [-0.39, 0.29) is 5.91 Å². The maximum absolute atomic E-state index is 13.2. The molecule has 0 aliphatic carbocycles. The number of hydrogen-bond donors (Lipinski definition) is 0. The van der Waals surface area contributed by atoms with Crippen molar-refractivity contribution in [3.8, 4) is 11.4 Å². The summed E-state index contributed by atoms with van der Waals surface area (Å²) in [4.78, 5) is 17.4. The van der Waals surface area contributed by atoms with E-state index in [1.807, 2.05) is 54.3 Å². The van der Waals surface area contributed by atoms with Gasteiger partial charge >= 0.3 is 0 Å². The first kappa shape index (κ1) is 18.1. The summed E-state index contributed by atoms with van der Waals surface area (Å²) in [6.45, 7) is 4.91. The summed E-state index contributed by atoms with van der Waals surface area (Å²) in [6.07, 6.45) is 1.76. The van der Waals surface area contributed by atoms with E-state index in [0.717, 1.165) is 35.8 Å². The predicted molar refractivity (Wildman–Crippen MR) is 109 cm³/mol. The van der Waals surface area contributed by atoms with Crippen molar-refractivity contribution in [3.63, 3.8) is 0 Å². The molecule has 0 spiro atoms. The number of aromatic nitrogens is 2.